The molecule has 19 heavy (non-hydrogen) atoms. The van der Waals surface area contributed by atoms with Gasteiger partial charge in [-0.05, 0) is 23.6 Å². The van der Waals surface area contributed by atoms with Crippen LogP contribution in [0.15, 0.2) is 35.8 Å². The summed E-state index contributed by atoms with van der Waals surface area (Å²) in [6.45, 7) is 1.23. The molecule has 1 amide bonds. The van der Waals surface area contributed by atoms with Gasteiger partial charge in [0.15, 0.2) is 0 Å². The number of aromatic nitrogens is 1. The summed E-state index contributed by atoms with van der Waals surface area (Å²) in [6.07, 6.45) is 2.11. The molecule has 6 heteroatoms. The third-order valence-corrected chi connectivity index (χ3v) is 3.35. The molecule has 4 N–H and O–H groups in total. The third-order valence-electron chi connectivity index (χ3n) is 2.48. The Balaban J connectivity index is 1.64. The second-order valence-corrected chi connectivity index (χ2v) is 5.04. The van der Waals surface area contributed by atoms with Crippen molar-refractivity contribution in [2.75, 3.05) is 24.1 Å². The molecule has 0 radical (unpaired) electrons. The number of thiophene rings is 1. The van der Waals surface area contributed by atoms with Gasteiger partial charge in [-0.2, -0.15) is 0 Å². The molecular weight excluding hydrogens is 260 g/mol. The molecule has 0 unspecified atom stereocenters. The van der Waals surface area contributed by atoms with Gasteiger partial charge in [0.25, 0.3) is 0 Å². The number of carbonyl (C=O) groups is 1. The van der Waals surface area contributed by atoms with Crippen LogP contribution in [0.3, 0.4) is 0 Å². The van der Waals surface area contributed by atoms with Crippen LogP contribution in [-0.4, -0.2) is 24.0 Å². The fourth-order valence-electron chi connectivity index (χ4n) is 1.55. The summed E-state index contributed by atoms with van der Waals surface area (Å²) in [5.74, 6) is 0.537. The topological polar surface area (TPSA) is 80.0 Å². The molecule has 2 rings (SSSR count). The molecule has 100 valence electrons. The second kappa shape index (κ2) is 6.75. The third kappa shape index (κ3) is 4.59. The molecular formula is C13H16N4OS. The van der Waals surface area contributed by atoms with Crippen molar-refractivity contribution in [3.05, 3.63) is 40.7 Å². The lowest BCUT2D eigenvalue weighted by Gasteiger charge is -2.07. The van der Waals surface area contributed by atoms with Gasteiger partial charge in [0.05, 0.1) is 18.3 Å². The molecule has 0 aliphatic carbocycles. The Morgan fingerprint density at radius 3 is 2.89 bits per heavy atom. The zero-order valence-electron chi connectivity index (χ0n) is 10.4. The number of rotatable bonds is 6. The van der Waals surface area contributed by atoms with Crippen molar-refractivity contribution in [2.45, 2.75) is 6.42 Å². The van der Waals surface area contributed by atoms with Crippen LogP contribution >= 0.6 is 11.3 Å². The van der Waals surface area contributed by atoms with E-state index in [1.165, 1.54) is 0 Å². The largest absolute Gasteiger partial charge is 0.384 e. The SMILES string of the molecule is Nc1ccc(NCCNC(=O)Cc2cccs2)cn1. The Hall–Kier alpha value is -2.08. The van der Waals surface area contributed by atoms with Crippen LogP contribution in [0.5, 0.6) is 0 Å². The highest BCUT2D eigenvalue weighted by Crippen LogP contribution is 2.08. The molecule has 0 spiro atoms. The maximum absolute atomic E-state index is 11.6. The fourth-order valence-corrected chi connectivity index (χ4v) is 2.26. The molecule has 2 heterocycles. The smallest absolute Gasteiger partial charge is 0.225 e. The molecule has 0 fully saturated rings. The van der Waals surface area contributed by atoms with Crippen LogP contribution in [0.1, 0.15) is 4.88 Å². The number of nitrogens with two attached hydrogens (primary N) is 1. The molecule has 2 aromatic heterocycles. The van der Waals surface area contributed by atoms with Crippen molar-refractivity contribution in [1.29, 1.82) is 0 Å². The summed E-state index contributed by atoms with van der Waals surface area (Å²) in [5.41, 5.74) is 6.38. The van der Waals surface area contributed by atoms with E-state index in [1.807, 2.05) is 23.6 Å². The van der Waals surface area contributed by atoms with E-state index >= 15 is 0 Å². The summed E-state index contributed by atoms with van der Waals surface area (Å²) in [6, 6.07) is 7.50. The monoisotopic (exact) mass is 276 g/mol. The molecule has 0 aromatic carbocycles. The molecule has 0 saturated heterocycles. The van der Waals surface area contributed by atoms with Crippen molar-refractivity contribution >= 4 is 28.7 Å². The van der Waals surface area contributed by atoms with E-state index in [0.29, 0.717) is 25.3 Å². The number of hydrogen-bond donors (Lipinski definition) is 3. The van der Waals surface area contributed by atoms with E-state index in [0.717, 1.165) is 10.6 Å². The molecule has 0 atom stereocenters. The van der Waals surface area contributed by atoms with Gasteiger partial charge in [-0.1, -0.05) is 6.07 Å². The number of pyridine rings is 1. The van der Waals surface area contributed by atoms with Gasteiger partial charge in [-0.15, -0.1) is 11.3 Å². The van der Waals surface area contributed by atoms with Gasteiger partial charge in [0.2, 0.25) is 5.91 Å². The van der Waals surface area contributed by atoms with Crippen LogP contribution < -0.4 is 16.4 Å². The quantitative estimate of drug-likeness (QED) is 0.698. The number of nitrogens with zero attached hydrogens (tertiary/aromatic N) is 1. The average Bonchev–Trinajstić information content (AvgIpc) is 2.89. The van der Waals surface area contributed by atoms with Crippen LogP contribution in [0.2, 0.25) is 0 Å². The normalized spacial score (nSPS) is 10.1. The number of nitrogens with one attached hydrogen (secondary N) is 2. The van der Waals surface area contributed by atoms with E-state index in [-0.39, 0.29) is 5.91 Å². The van der Waals surface area contributed by atoms with E-state index in [4.69, 9.17) is 5.73 Å². The van der Waals surface area contributed by atoms with Crippen LogP contribution in [0, 0.1) is 0 Å². The van der Waals surface area contributed by atoms with Crippen LogP contribution in [0.4, 0.5) is 11.5 Å². The molecule has 0 aliphatic heterocycles. The van der Waals surface area contributed by atoms with Gasteiger partial charge < -0.3 is 16.4 Å². The molecule has 0 bridgehead atoms. The van der Waals surface area contributed by atoms with Crippen molar-refractivity contribution in [3.8, 4) is 0 Å². The second-order valence-electron chi connectivity index (χ2n) is 4.00. The Kier molecular flexibility index (Phi) is 4.74. The van der Waals surface area contributed by atoms with Gasteiger partial charge >= 0.3 is 0 Å². The fraction of sp³-hybridized carbons (Fsp3) is 0.231. The predicted octanol–water partition coefficient (Wildman–Crippen LogP) is 1.50. The van der Waals surface area contributed by atoms with Crippen molar-refractivity contribution in [2.24, 2.45) is 0 Å². The maximum Gasteiger partial charge on any atom is 0.225 e. The molecule has 2 aromatic rings. The minimum Gasteiger partial charge on any atom is -0.384 e. The average molecular weight is 276 g/mol. The Labute approximate surface area is 115 Å². The minimum atomic E-state index is 0.0414. The summed E-state index contributed by atoms with van der Waals surface area (Å²) in [7, 11) is 0. The van der Waals surface area contributed by atoms with Crippen LogP contribution in [0.25, 0.3) is 0 Å². The van der Waals surface area contributed by atoms with Crippen molar-refractivity contribution < 1.29 is 4.79 Å². The standard InChI is InChI=1S/C13H16N4OS/c14-12-4-3-10(9-17-12)15-5-6-16-13(18)8-11-2-1-7-19-11/h1-4,7,9,15H,5-6,8H2,(H2,14,17)(H,16,18). The zero-order chi connectivity index (χ0) is 13.5. The number of hydrogen-bond acceptors (Lipinski definition) is 5. The lowest BCUT2D eigenvalue weighted by Crippen LogP contribution is -2.29. The van der Waals surface area contributed by atoms with Crippen LogP contribution in [-0.2, 0) is 11.2 Å². The van der Waals surface area contributed by atoms with Gasteiger partial charge in [-0.25, -0.2) is 4.98 Å². The lowest BCUT2D eigenvalue weighted by molar-refractivity contribution is -0.120. The Bertz CT molecular complexity index is 510. The first kappa shape index (κ1) is 13.4. The highest BCUT2D eigenvalue weighted by Gasteiger charge is 2.02. The summed E-state index contributed by atoms with van der Waals surface area (Å²) in [4.78, 5) is 16.7. The molecule has 0 saturated carbocycles. The highest BCUT2D eigenvalue weighted by atomic mass is 32.1. The number of amides is 1. The Morgan fingerprint density at radius 1 is 1.32 bits per heavy atom. The van der Waals surface area contributed by atoms with E-state index in [1.54, 1.807) is 23.6 Å². The molecule has 0 aliphatic rings. The lowest BCUT2D eigenvalue weighted by atomic mass is 10.3. The van der Waals surface area contributed by atoms with Crippen molar-refractivity contribution in [1.82, 2.24) is 10.3 Å². The maximum atomic E-state index is 11.6. The van der Waals surface area contributed by atoms with Gasteiger partial charge in [0, 0.05) is 18.0 Å². The van der Waals surface area contributed by atoms with Crippen molar-refractivity contribution in [3.63, 3.8) is 0 Å². The van der Waals surface area contributed by atoms with Gasteiger partial charge in [0.1, 0.15) is 5.82 Å². The Morgan fingerprint density at radius 2 is 2.21 bits per heavy atom. The number of anilines is 2. The zero-order valence-corrected chi connectivity index (χ0v) is 11.2. The minimum absolute atomic E-state index is 0.0414. The highest BCUT2D eigenvalue weighted by molar-refractivity contribution is 7.10. The number of nitrogen functional groups attached to an aromatic ring is 1. The molecule has 5 nitrogen and oxygen atoms in total. The first-order valence-electron chi connectivity index (χ1n) is 5.98. The summed E-state index contributed by atoms with van der Waals surface area (Å²) < 4.78 is 0. The summed E-state index contributed by atoms with van der Waals surface area (Å²) in [5, 5.41) is 7.99. The first-order valence-corrected chi connectivity index (χ1v) is 6.86. The van der Waals surface area contributed by atoms with E-state index < -0.39 is 0 Å². The summed E-state index contributed by atoms with van der Waals surface area (Å²) >= 11 is 1.59. The predicted molar refractivity (Wildman–Crippen MR) is 78.2 cm³/mol. The first-order chi connectivity index (χ1) is 9.24. The number of carbonyl (C=O) groups excluding carboxylic acids is 1. The van der Waals surface area contributed by atoms with E-state index in [9.17, 15) is 4.79 Å². The van der Waals surface area contributed by atoms with E-state index in [2.05, 4.69) is 15.6 Å². The van der Waals surface area contributed by atoms with Gasteiger partial charge in [-0.3, -0.25) is 4.79 Å².